The lowest BCUT2D eigenvalue weighted by Gasteiger charge is -2.29. The van der Waals surface area contributed by atoms with Crippen LogP contribution in [0.1, 0.15) is 41.6 Å². The second-order valence-electron chi connectivity index (χ2n) is 7.32. The highest BCUT2D eigenvalue weighted by molar-refractivity contribution is 7.13. The number of benzene rings is 1. The molecular weight excluding hydrogens is 372 g/mol. The minimum Gasteiger partial charge on any atom is -0.297 e. The van der Waals surface area contributed by atoms with Gasteiger partial charge in [-0.05, 0) is 50.9 Å². The van der Waals surface area contributed by atoms with Crippen molar-refractivity contribution in [3.8, 4) is 5.69 Å². The zero-order valence-corrected chi connectivity index (χ0v) is 16.9. The summed E-state index contributed by atoms with van der Waals surface area (Å²) in [6, 6.07) is 9.55. The van der Waals surface area contributed by atoms with Crippen LogP contribution in [0, 0.1) is 12.8 Å². The first-order valence-electron chi connectivity index (χ1n) is 9.56. The molecule has 0 bridgehead atoms. The van der Waals surface area contributed by atoms with Gasteiger partial charge in [-0.25, -0.2) is 4.98 Å². The van der Waals surface area contributed by atoms with Crippen LogP contribution in [0.5, 0.6) is 0 Å². The molecule has 4 rings (SSSR count). The number of carbonyl (C=O) groups excluding carboxylic acids is 1. The summed E-state index contributed by atoms with van der Waals surface area (Å²) in [6.07, 6.45) is 2.48. The normalized spacial score (nSPS) is 15.6. The third-order valence-electron chi connectivity index (χ3n) is 5.02. The number of piperidine rings is 1. The summed E-state index contributed by atoms with van der Waals surface area (Å²) < 4.78 is 0. The van der Waals surface area contributed by atoms with Gasteiger partial charge in [0.1, 0.15) is 0 Å². The van der Waals surface area contributed by atoms with Crippen LogP contribution in [0.4, 0.5) is 5.13 Å². The number of hydrogen-bond acceptors (Lipinski definition) is 6. The van der Waals surface area contributed by atoms with Crippen molar-refractivity contribution in [1.29, 1.82) is 0 Å². The van der Waals surface area contributed by atoms with Crippen LogP contribution in [0.25, 0.3) is 5.69 Å². The average molecular weight is 397 g/mol. The van der Waals surface area contributed by atoms with Crippen molar-refractivity contribution in [2.45, 2.75) is 33.2 Å². The van der Waals surface area contributed by atoms with Gasteiger partial charge in [-0.3, -0.25) is 15.0 Å². The SMILES string of the molecule is Cc1nn(-c2ccccc2)nc1C(=O)Nc1nc(CN2CCC(C)CC2)cs1. The highest BCUT2D eigenvalue weighted by atomic mass is 32.1. The molecule has 1 amide bonds. The van der Waals surface area contributed by atoms with Gasteiger partial charge in [-0.2, -0.15) is 9.90 Å². The van der Waals surface area contributed by atoms with E-state index in [4.69, 9.17) is 0 Å². The zero-order chi connectivity index (χ0) is 19.5. The first-order valence-corrected chi connectivity index (χ1v) is 10.4. The fourth-order valence-corrected chi connectivity index (χ4v) is 4.00. The van der Waals surface area contributed by atoms with Gasteiger partial charge in [0.15, 0.2) is 10.8 Å². The van der Waals surface area contributed by atoms with Gasteiger partial charge in [0, 0.05) is 11.9 Å². The van der Waals surface area contributed by atoms with Crippen molar-refractivity contribution in [3.63, 3.8) is 0 Å². The topological polar surface area (TPSA) is 75.9 Å². The lowest BCUT2D eigenvalue weighted by Crippen LogP contribution is -2.32. The minimum absolute atomic E-state index is 0.285. The number of thiazole rings is 1. The van der Waals surface area contributed by atoms with Gasteiger partial charge in [-0.15, -0.1) is 16.4 Å². The van der Waals surface area contributed by atoms with Gasteiger partial charge in [0.05, 0.1) is 17.1 Å². The maximum atomic E-state index is 12.6. The number of amides is 1. The van der Waals surface area contributed by atoms with Crippen LogP contribution >= 0.6 is 11.3 Å². The Morgan fingerprint density at radius 1 is 1.21 bits per heavy atom. The van der Waals surface area contributed by atoms with Crippen LogP contribution in [-0.4, -0.2) is 43.9 Å². The molecule has 3 heterocycles. The first kappa shape index (κ1) is 18.8. The van der Waals surface area contributed by atoms with Crippen LogP contribution in [0.3, 0.4) is 0 Å². The number of nitrogens with one attached hydrogen (secondary N) is 1. The number of carbonyl (C=O) groups is 1. The largest absolute Gasteiger partial charge is 0.297 e. The van der Waals surface area contributed by atoms with Gasteiger partial charge >= 0.3 is 0 Å². The van der Waals surface area contributed by atoms with Gasteiger partial charge in [0.25, 0.3) is 5.91 Å². The second-order valence-corrected chi connectivity index (χ2v) is 8.17. The van der Waals surface area contributed by atoms with Crippen molar-refractivity contribution in [3.05, 3.63) is 52.8 Å². The van der Waals surface area contributed by atoms with Crippen molar-refractivity contribution in [2.75, 3.05) is 18.4 Å². The number of para-hydroxylation sites is 1. The molecule has 0 unspecified atom stereocenters. The quantitative estimate of drug-likeness (QED) is 0.714. The molecule has 7 nitrogen and oxygen atoms in total. The molecule has 1 aliphatic heterocycles. The second kappa shape index (κ2) is 8.20. The number of likely N-dealkylation sites (tertiary alicyclic amines) is 1. The molecular formula is C20H24N6OS. The molecule has 0 atom stereocenters. The Morgan fingerprint density at radius 2 is 1.96 bits per heavy atom. The molecule has 1 aliphatic rings. The third kappa shape index (κ3) is 4.28. The fourth-order valence-electron chi connectivity index (χ4n) is 3.31. The predicted octanol–water partition coefficient (Wildman–Crippen LogP) is 3.52. The summed E-state index contributed by atoms with van der Waals surface area (Å²) in [5, 5.41) is 14.2. The molecule has 0 spiro atoms. The average Bonchev–Trinajstić information content (AvgIpc) is 3.30. The minimum atomic E-state index is -0.285. The maximum Gasteiger partial charge on any atom is 0.279 e. The highest BCUT2D eigenvalue weighted by Gasteiger charge is 2.19. The smallest absolute Gasteiger partial charge is 0.279 e. The van der Waals surface area contributed by atoms with E-state index in [1.54, 1.807) is 6.92 Å². The molecule has 1 aromatic carbocycles. The molecule has 1 N–H and O–H groups in total. The standard InChI is InChI=1S/C20H24N6OS/c1-14-8-10-25(11-9-14)12-16-13-28-20(21-16)22-19(27)18-15(2)23-26(24-18)17-6-4-3-5-7-17/h3-7,13-14H,8-12H2,1-2H3,(H,21,22,27). The molecule has 8 heteroatoms. The Kier molecular flexibility index (Phi) is 5.50. The number of anilines is 1. The summed E-state index contributed by atoms with van der Waals surface area (Å²) in [5.74, 6) is 0.529. The summed E-state index contributed by atoms with van der Waals surface area (Å²) in [5.41, 5.74) is 2.71. The lowest BCUT2D eigenvalue weighted by molar-refractivity contribution is 0.102. The number of nitrogens with zero attached hydrogens (tertiary/aromatic N) is 5. The Labute approximate surface area is 168 Å². The van der Waals surface area contributed by atoms with Crippen molar-refractivity contribution in [2.24, 2.45) is 5.92 Å². The number of hydrogen-bond donors (Lipinski definition) is 1. The van der Waals surface area contributed by atoms with Gasteiger partial charge in [0.2, 0.25) is 0 Å². The van der Waals surface area contributed by atoms with E-state index in [0.29, 0.717) is 16.5 Å². The van der Waals surface area contributed by atoms with E-state index in [0.717, 1.165) is 36.9 Å². The molecule has 1 saturated heterocycles. The molecule has 0 radical (unpaired) electrons. The van der Waals surface area contributed by atoms with E-state index >= 15 is 0 Å². The van der Waals surface area contributed by atoms with Gasteiger partial charge < -0.3 is 0 Å². The monoisotopic (exact) mass is 396 g/mol. The molecule has 1 fully saturated rings. The number of rotatable bonds is 5. The zero-order valence-electron chi connectivity index (χ0n) is 16.1. The van der Waals surface area contributed by atoms with Crippen molar-refractivity contribution >= 4 is 22.4 Å². The van der Waals surface area contributed by atoms with E-state index < -0.39 is 0 Å². The predicted molar refractivity (Wildman–Crippen MR) is 110 cm³/mol. The third-order valence-corrected chi connectivity index (χ3v) is 5.82. The summed E-state index contributed by atoms with van der Waals surface area (Å²) >= 11 is 1.45. The van der Waals surface area contributed by atoms with E-state index in [1.165, 1.54) is 29.0 Å². The summed E-state index contributed by atoms with van der Waals surface area (Å²) in [4.78, 5) is 21.1. The Morgan fingerprint density at radius 3 is 2.71 bits per heavy atom. The maximum absolute atomic E-state index is 12.6. The molecule has 0 saturated carbocycles. The van der Waals surface area contributed by atoms with E-state index in [9.17, 15) is 4.79 Å². The van der Waals surface area contributed by atoms with E-state index in [-0.39, 0.29) is 5.91 Å². The van der Waals surface area contributed by atoms with Gasteiger partial charge in [-0.1, -0.05) is 25.1 Å². The Balaban J connectivity index is 1.40. The van der Waals surface area contributed by atoms with E-state index in [2.05, 4.69) is 32.3 Å². The fraction of sp³-hybridized carbons (Fsp3) is 0.400. The van der Waals surface area contributed by atoms with Crippen LogP contribution < -0.4 is 5.32 Å². The van der Waals surface area contributed by atoms with Crippen molar-refractivity contribution in [1.82, 2.24) is 24.9 Å². The van der Waals surface area contributed by atoms with Crippen molar-refractivity contribution < 1.29 is 4.79 Å². The molecule has 3 aromatic rings. The van der Waals surface area contributed by atoms with Crippen LogP contribution in [-0.2, 0) is 6.54 Å². The first-order chi connectivity index (χ1) is 13.6. The Hall–Kier alpha value is -2.58. The molecule has 0 aliphatic carbocycles. The summed E-state index contributed by atoms with van der Waals surface area (Å²) in [7, 11) is 0. The lowest BCUT2D eigenvalue weighted by atomic mass is 9.99. The highest BCUT2D eigenvalue weighted by Crippen LogP contribution is 2.21. The Bertz CT molecular complexity index is 943. The number of aromatic nitrogens is 4. The number of aryl methyl sites for hydroxylation is 1. The molecule has 146 valence electrons. The summed E-state index contributed by atoms with van der Waals surface area (Å²) in [6.45, 7) is 7.16. The van der Waals surface area contributed by atoms with Crippen LogP contribution in [0.15, 0.2) is 35.7 Å². The van der Waals surface area contributed by atoms with E-state index in [1.807, 2.05) is 35.7 Å². The molecule has 28 heavy (non-hydrogen) atoms. The molecule has 2 aromatic heterocycles. The van der Waals surface area contributed by atoms with Crippen LogP contribution in [0.2, 0.25) is 0 Å².